The molecule has 0 atom stereocenters. The molecule has 0 aliphatic rings. The van der Waals surface area contributed by atoms with Crippen molar-refractivity contribution in [1.29, 1.82) is 0 Å². The molecule has 0 amide bonds. The van der Waals surface area contributed by atoms with Crippen molar-refractivity contribution >= 4 is 20.4 Å². The Balaban J connectivity index is 3.64. The smallest absolute Gasteiger partial charge is 0.512 e. The van der Waals surface area contributed by atoms with Crippen LogP contribution in [0.3, 0.4) is 0 Å². The van der Waals surface area contributed by atoms with Crippen LogP contribution in [0.5, 0.6) is 0 Å². The van der Waals surface area contributed by atoms with E-state index < -0.39 is 25.4 Å². The van der Waals surface area contributed by atoms with Crippen LogP contribution < -0.4 is 3.97 Å². The molecule has 9 heteroatoms. The molecule has 7 nitrogen and oxygen atoms in total. The molecule has 78 valence electrons. The lowest BCUT2D eigenvalue weighted by atomic mass is 10.5. The summed E-state index contributed by atoms with van der Waals surface area (Å²) in [6.45, 7) is 0. The molecule has 0 aromatic carbocycles. The highest BCUT2D eigenvalue weighted by molar-refractivity contribution is 7.86. The van der Waals surface area contributed by atoms with Crippen LogP contribution >= 0.6 is 0 Å². The average molecular weight is 239 g/mol. The molecule has 1 aromatic heterocycles. The number of hydrogen-bond acceptors (Lipinski definition) is 5. The maximum absolute atomic E-state index is 10.6. The van der Waals surface area contributed by atoms with Gasteiger partial charge in [-0.2, -0.15) is 0 Å². The lowest BCUT2D eigenvalue weighted by molar-refractivity contribution is -0.563. The lowest BCUT2D eigenvalue weighted by Gasteiger charge is -2.03. The van der Waals surface area contributed by atoms with Crippen LogP contribution in [0.15, 0.2) is 29.4 Å². The summed E-state index contributed by atoms with van der Waals surface area (Å²) in [4.78, 5) is 0. The van der Waals surface area contributed by atoms with Crippen LogP contribution in [-0.2, 0) is 20.4 Å². The van der Waals surface area contributed by atoms with Crippen LogP contribution in [-0.4, -0.2) is 25.9 Å². The topological polar surface area (TPSA) is 115 Å². The van der Waals surface area contributed by atoms with E-state index in [-0.39, 0.29) is 3.97 Å². The van der Waals surface area contributed by atoms with Gasteiger partial charge < -0.3 is 4.55 Å². The van der Waals surface area contributed by atoms with Crippen LogP contribution in [0.4, 0.5) is 0 Å². The highest BCUT2D eigenvalue weighted by atomic mass is 32.2. The second-order valence-electron chi connectivity index (χ2n) is 2.27. The number of aromatic nitrogens is 1. The number of rotatable bonds is 2. The standard InChI is InChI=1S/C5H5NO6S2/c7-13(8,9)5-3-1-2-4-6(5)14(10,11)12/h1-4H,(H-,7,8,9,10,11,12). The molecule has 1 rings (SSSR count). The van der Waals surface area contributed by atoms with Gasteiger partial charge in [0.05, 0.1) is 0 Å². The SMILES string of the molecule is O=S(=O)([O-])c1cccc[n+]1S(=O)(=O)O. The third kappa shape index (κ3) is 2.26. The van der Waals surface area contributed by atoms with E-state index in [2.05, 4.69) is 0 Å². The van der Waals surface area contributed by atoms with E-state index in [9.17, 15) is 21.4 Å². The van der Waals surface area contributed by atoms with Gasteiger partial charge in [-0.25, -0.2) is 13.0 Å². The summed E-state index contributed by atoms with van der Waals surface area (Å²) in [6, 6.07) is 3.09. The normalized spacial score (nSPS) is 12.7. The molecule has 0 aliphatic heterocycles. The molecule has 0 unspecified atom stereocenters. The highest BCUT2D eigenvalue weighted by Crippen LogP contribution is 2.01. The van der Waals surface area contributed by atoms with Gasteiger partial charge in [0, 0.05) is 12.1 Å². The molecule has 0 fully saturated rings. The van der Waals surface area contributed by atoms with Gasteiger partial charge in [0.15, 0.2) is 16.3 Å². The monoisotopic (exact) mass is 239 g/mol. The van der Waals surface area contributed by atoms with Crippen molar-refractivity contribution in [1.82, 2.24) is 0 Å². The van der Waals surface area contributed by atoms with Crippen molar-refractivity contribution in [3.8, 4) is 0 Å². The fraction of sp³-hybridized carbons (Fsp3) is 0. The van der Waals surface area contributed by atoms with Gasteiger partial charge in [0.25, 0.3) is 0 Å². The molecule has 0 bridgehead atoms. The molecule has 1 N–H and O–H groups in total. The van der Waals surface area contributed by atoms with Crippen molar-refractivity contribution in [2.75, 3.05) is 0 Å². The van der Waals surface area contributed by atoms with Gasteiger partial charge in [-0.1, -0.05) is 0 Å². The van der Waals surface area contributed by atoms with Crippen molar-refractivity contribution in [2.24, 2.45) is 0 Å². The van der Waals surface area contributed by atoms with Crippen LogP contribution in [0.25, 0.3) is 0 Å². The minimum atomic E-state index is -4.94. The van der Waals surface area contributed by atoms with E-state index in [1.807, 2.05) is 0 Å². The second kappa shape index (κ2) is 3.28. The van der Waals surface area contributed by atoms with E-state index >= 15 is 0 Å². The fourth-order valence-electron chi connectivity index (χ4n) is 0.797. The third-order valence-electron chi connectivity index (χ3n) is 1.29. The number of pyridine rings is 1. The summed E-state index contributed by atoms with van der Waals surface area (Å²) in [6.07, 6.45) is 0.750. The Bertz CT molecular complexity index is 494. The Labute approximate surface area is 80.3 Å². The number of hydrogen-bond donors (Lipinski definition) is 1. The fourth-order valence-corrected chi connectivity index (χ4v) is 2.39. The molecule has 0 aliphatic carbocycles. The Hall–Kier alpha value is -1.03. The Morgan fingerprint density at radius 3 is 2.14 bits per heavy atom. The maximum Gasteiger partial charge on any atom is 0.512 e. The summed E-state index contributed by atoms with van der Waals surface area (Å²) in [5.41, 5.74) is 0. The molecular weight excluding hydrogens is 234 g/mol. The minimum Gasteiger partial charge on any atom is -0.739 e. The summed E-state index contributed by atoms with van der Waals surface area (Å²) in [5, 5.41) is -1.04. The Morgan fingerprint density at radius 2 is 1.79 bits per heavy atom. The lowest BCUT2D eigenvalue weighted by Crippen LogP contribution is -2.46. The van der Waals surface area contributed by atoms with Gasteiger partial charge in [-0.3, -0.25) is 0 Å². The third-order valence-corrected chi connectivity index (χ3v) is 3.07. The molecular formula is C5H5NO6S2. The van der Waals surface area contributed by atoms with Gasteiger partial charge in [0.1, 0.15) is 0 Å². The van der Waals surface area contributed by atoms with Gasteiger partial charge >= 0.3 is 15.3 Å². The van der Waals surface area contributed by atoms with Crippen molar-refractivity contribution in [3.63, 3.8) is 0 Å². The zero-order chi connectivity index (χ0) is 11.0. The predicted molar refractivity (Wildman–Crippen MR) is 41.5 cm³/mol. The molecule has 0 saturated carbocycles. The summed E-state index contributed by atoms with van der Waals surface area (Å²) >= 11 is 0. The van der Waals surface area contributed by atoms with Crippen molar-refractivity contribution in [2.45, 2.75) is 5.03 Å². The first-order chi connectivity index (χ1) is 6.23. The predicted octanol–water partition coefficient (Wildman–Crippen LogP) is -1.47. The van der Waals surface area contributed by atoms with E-state index in [0.717, 1.165) is 24.4 Å². The Morgan fingerprint density at radius 1 is 1.21 bits per heavy atom. The molecule has 0 saturated heterocycles. The molecule has 1 heterocycles. The van der Waals surface area contributed by atoms with Crippen molar-refractivity contribution < 1.29 is 29.9 Å². The zero-order valence-corrected chi connectivity index (χ0v) is 8.19. The molecule has 0 spiro atoms. The van der Waals surface area contributed by atoms with Gasteiger partial charge in [-0.05, 0) is 10.0 Å². The van der Waals surface area contributed by atoms with E-state index in [1.54, 1.807) is 0 Å². The van der Waals surface area contributed by atoms with Crippen LogP contribution in [0.1, 0.15) is 0 Å². The number of nitrogens with zero attached hydrogens (tertiary/aromatic N) is 1. The van der Waals surface area contributed by atoms with Gasteiger partial charge in [0.2, 0.25) is 0 Å². The summed E-state index contributed by atoms with van der Waals surface area (Å²) < 4.78 is 61.4. The summed E-state index contributed by atoms with van der Waals surface area (Å²) in [5.74, 6) is 0. The van der Waals surface area contributed by atoms with Crippen LogP contribution in [0.2, 0.25) is 0 Å². The van der Waals surface area contributed by atoms with E-state index in [1.165, 1.54) is 0 Å². The largest absolute Gasteiger partial charge is 0.739 e. The molecule has 0 radical (unpaired) electrons. The first kappa shape index (κ1) is 11.0. The first-order valence-corrected chi connectivity index (χ1v) is 5.98. The van der Waals surface area contributed by atoms with E-state index in [0.29, 0.717) is 0 Å². The Kier molecular flexibility index (Phi) is 2.58. The highest BCUT2D eigenvalue weighted by Gasteiger charge is 2.26. The van der Waals surface area contributed by atoms with Crippen LogP contribution in [0, 0.1) is 0 Å². The quantitative estimate of drug-likeness (QED) is 0.497. The molecule has 14 heavy (non-hydrogen) atoms. The first-order valence-electron chi connectivity index (χ1n) is 3.17. The average Bonchev–Trinajstić information content (AvgIpc) is 2.01. The van der Waals surface area contributed by atoms with Crippen molar-refractivity contribution in [3.05, 3.63) is 24.4 Å². The maximum atomic E-state index is 10.6. The molecule has 1 aromatic rings. The van der Waals surface area contributed by atoms with E-state index in [4.69, 9.17) is 4.55 Å². The zero-order valence-electron chi connectivity index (χ0n) is 6.56. The van der Waals surface area contributed by atoms with Gasteiger partial charge in [-0.15, -0.1) is 8.42 Å². The summed E-state index contributed by atoms with van der Waals surface area (Å²) in [7, 11) is -9.72. The minimum absolute atomic E-state index is 0.0185. The second-order valence-corrected chi connectivity index (χ2v) is 4.88.